The number of nitrogens with one attached hydrogen (secondary N) is 2. The maximum Gasteiger partial charge on any atom is 0.261 e. The van der Waals surface area contributed by atoms with Crippen LogP contribution in [0.5, 0.6) is 0 Å². The van der Waals surface area contributed by atoms with Crippen molar-refractivity contribution in [1.82, 2.24) is 19.8 Å². The van der Waals surface area contributed by atoms with Gasteiger partial charge in [0.05, 0.1) is 23.3 Å². The van der Waals surface area contributed by atoms with Crippen molar-refractivity contribution >= 4 is 45.8 Å². The number of aliphatic imine (C=N–C) groups is 1. The summed E-state index contributed by atoms with van der Waals surface area (Å²) < 4.78 is 1.64. The summed E-state index contributed by atoms with van der Waals surface area (Å²) in [7, 11) is 0. The third kappa shape index (κ3) is 6.94. The molecule has 0 unspecified atom stereocenters. The van der Waals surface area contributed by atoms with Crippen LogP contribution in [0.2, 0.25) is 10.0 Å². The number of hydrogen-bond acceptors (Lipinski definition) is 4. The number of aryl methyl sites for hydroxylation is 2. The lowest BCUT2D eigenvalue weighted by Crippen LogP contribution is -2.53. The van der Waals surface area contributed by atoms with Crippen LogP contribution in [0.1, 0.15) is 51.5 Å². The van der Waals surface area contributed by atoms with Crippen LogP contribution < -0.4 is 16.2 Å². The molecule has 0 amide bonds. The quantitative estimate of drug-likeness (QED) is 0.283. The second-order valence-corrected chi connectivity index (χ2v) is 11.8. The van der Waals surface area contributed by atoms with Crippen LogP contribution in [0.3, 0.4) is 0 Å². The Bertz CT molecular complexity index is 1380. The zero-order valence-electron chi connectivity index (χ0n) is 22.8. The average molecular weight is 570 g/mol. The lowest BCUT2D eigenvalue weighted by Gasteiger charge is -2.35. The van der Waals surface area contributed by atoms with Gasteiger partial charge in [0, 0.05) is 48.0 Å². The molecule has 9 heteroatoms. The number of nitrogens with zero attached hydrogens (tertiary/aromatic N) is 4. The number of piperazine rings is 1. The molecule has 0 spiro atoms. The molecule has 2 fully saturated rings. The Morgan fingerprint density at radius 2 is 2.00 bits per heavy atom. The van der Waals surface area contributed by atoms with E-state index in [4.69, 9.17) is 28.2 Å². The van der Waals surface area contributed by atoms with Crippen molar-refractivity contribution in [2.24, 2.45) is 10.9 Å². The predicted octanol–water partition coefficient (Wildman–Crippen LogP) is 5.98. The van der Waals surface area contributed by atoms with Gasteiger partial charge in [-0.3, -0.25) is 9.36 Å². The molecule has 2 aliphatic rings. The average Bonchev–Trinajstić information content (AvgIpc) is 2.93. The first-order valence-electron chi connectivity index (χ1n) is 14.1. The second-order valence-electron chi connectivity index (χ2n) is 11.0. The van der Waals surface area contributed by atoms with Gasteiger partial charge in [-0.05, 0) is 74.9 Å². The third-order valence-corrected chi connectivity index (χ3v) is 8.63. The Hall–Kier alpha value is -2.61. The summed E-state index contributed by atoms with van der Waals surface area (Å²) >= 11 is 12.3. The molecule has 7 nitrogen and oxygen atoms in total. The number of anilines is 1. The Kier molecular flexibility index (Phi) is 9.10. The number of rotatable bonds is 6. The van der Waals surface area contributed by atoms with E-state index in [9.17, 15) is 4.79 Å². The number of benzene rings is 2. The van der Waals surface area contributed by atoms with Crippen LogP contribution >= 0.6 is 23.2 Å². The van der Waals surface area contributed by atoms with Crippen LogP contribution in [0.4, 0.5) is 5.69 Å². The molecule has 2 N–H and O–H groups in total. The second kappa shape index (κ2) is 12.7. The zero-order valence-corrected chi connectivity index (χ0v) is 24.3. The van der Waals surface area contributed by atoms with E-state index in [1.165, 1.54) is 32.1 Å². The Morgan fingerprint density at radius 1 is 1.18 bits per heavy atom. The lowest BCUT2D eigenvalue weighted by atomic mass is 9.85. The Labute approximate surface area is 240 Å². The van der Waals surface area contributed by atoms with Gasteiger partial charge in [-0.2, -0.15) is 0 Å². The minimum absolute atomic E-state index is 0.0626. The SMILES string of the molecule is C[C@H](/N=C(/Nc1ccc2c(=O)n(CCc3ccc(Cl)cc3Cl)cnc2c1)N1CCN[C@@H](C)C1)C1CCCCC1. The first kappa shape index (κ1) is 27.9. The van der Waals surface area contributed by atoms with Gasteiger partial charge in [0.15, 0.2) is 5.96 Å². The minimum Gasteiger partial charge on any atom is -0.340 e. The fourth-order valence-corrected chi connectivity index (χ4v) is 6.23. The van der Waals surface area contributed by atoms with E-state index in [1.807, 2.05) is 30.3 Å². The molecule has 1 aromatic heterocycles. The van der Waals surface area contributed by atoms with Crippen LogP contribution in [0, 0.1) is 5.92 Å². The van der Waals surface area contributed by atoms with Gasteiger partial charge in [-0.25, -0.2) is 9.98 Å². The van der Waals surface area contributed by atoms with E-state index < -0.39 is 0 Å². The van der Waals surface area contributed by atoms with Gasteiger partial charge >= 0.3 is 0 Å². The number of guanidine groups is 1. The van der Waals surface area contributed by atoms with Crippen molar-refractivity contribution < 1.29 is 0 Å². The monoisotopic (exact) mass is 568 g/mol. The van der Waals surface area contributed by atoms with E-state index in [-0.39, 0.29) is 11.6 Å². The van der Waals surface area contributed by atoms with Crippen molar-refractivity contribution in [2.45, 2.75) is 71.0 Å². The van der Waals surface area contributed by atoms with Crippen molar-refractivity contribution in [3.8, 4) is 0 Å². The van der Waals surface area contributed by atoms with Gasteiger partial charge < -0.3 is 15.5 Å². The summed E-state index contributed by atoms with van der Waals surface area (Å²) in [5.41, 5.74) is 2.44. The number of aromatic nitrogens is 2. The van der Waals surface area contributed by atoms with E-state index in [1.54, 1.807) is 17.0 Å². The summed E-state index contributed by atoms with van der Waals surface area (Å²) in [4.78, 5) is 25.4. The molecule has 2 atom stereocenters. The van der Waals surface area contributed by atoms with E-state index in [0.717, 1.165) is 36.8 Å². The van der Waals surface area contributed by atoms with Gasteiger partial charge in [0.25, 0.3) is 5.56 Å². The molecule has 3 aromatic rings. The highest BCUT2D eigenvalue weighted by Gasteiger charge is 2.24. The summed E-state index contributed by atoms with van der Waals surface area (Å²) in [6, 6.07) is 11.9. The summed E-state index contributed by atoms with van der Waals surface area (Å²) in [6.45, 7) is 7.68. The topological polar surface area (TPSA) is 74.5 Å². The number of fused-ring (bicyclic) bond motifs is 1. The minimum atomic E-state index is -0.0626. The first-order chi connectivity index (χ1) is 18.9. The van der Waals surface area contributed by atoms with Gasteiger partial charge in [0.1, 0.15) is 0 Å². The lowest BCUT2D eigenvalue weighted by molar-refractivity contribution is 0.292. The molecule has 1 saturated carbocycles. The smallest absolute Gasteiger partial charge is 0.261 e. The molecule has 2 aromatic carbocycles. The van der Waals surface area contributed by atoms with Gasteiger partial charge in [-0.15, -0.1) is 0 Å². The van der Waals surface area contributed by atoms with Crippen molar-refractivity contribution in [2.75, 3.05) is 25.0 Å². The molecular formula is C30H38Cl2N6O. The summed E-state index contributed by atoms with van der Waals surface area (Å²) in [6.07, 6.45) is 8.70. The zero-order chi connectivity index (χ0) is 27.4. The van der Waals surface area contributed by atoms with Crippen LogP contribution in [-0.2, 0) is 13.0 Å². The molecule has 2 heterocycles. The first-order valence-corrected chi connectivity index (χ1v) is 14.9. The van der Waals surface area contributed by atoms with Crippen molar-refractivity contribution in [3.05, 3.63) is 68.7 Å². The maximum absolute atomic E-state index is 13.2. The summed E-state index contributed by atoms with van der Waals surface area (Å²) in [5, 5.41) is 8.92. The van der Waals surface area contributed by atoms with E-state index >= 15 is 0 Å². The number of hydrogen-bond donors (Lipinski definition) is 2. The molecule has 39 heavy (non-hydrogen) atoms. The molecule has 1 aliphatic carbocycles. The number of halogens is 2. The predicted molar refractivity (Wildman–Crippen MR) is 162 cm³/mol. The molecule has 1 saturated heterocycles. The highest BCUT2D eigenvalue weighted by Crippen LogP contribution is 2.28. The Balaban J connectivity index is 1.36. The van der Waals surface area contributed by atoms with Crippen LogP contribution in [0.25, 0.3) is 10.9 Å². The highest BCUT2D eigenvalue weighted by atomic mass is 35.5. The fourth-order valence-electron chi connectivity index (χ4n) is 5.72. The van der Waals surface area contributed by atoms with E-state index in [2.05, 4.69) is 34.4 Å². The van der Waals surface area contributed by atoms with E-state index in [0.29, 0.717) is 45.9 Å². The fraction of sp³-hybridized carbons (Fsp3) is 0.500. The largest absolute Gasteiger partial charge is 0.340 e. The molecule has 208 valence electrons. The van der Waals surface area contributed by atoms with Crippen molar-refractivity contribution in [3.63, 3.8) is 0 Å². The summed E-state index contributed by atoms with van der Waals surface area (Å²) in [5.74, 6) is 1.55. The van der Waals surface area contributed by atoms with Gasteiger partial charge in [0.2, 0.25) is 0 Å². The molecular weight excluding hydrogens is 531 g/mol. The van der Waals surface area contributed by atoms with Crippen LogP contribution in [-0.4, -0.2) is 52.1 Å². The van der Waals surface area contributed by atoms with Gasteiger partial charge in [-0.1, -0.05) is 48.5 Å². The molecule has 0 bridgehead atoms. The standard InChI is InChI=1S/C30H38Cl2N6O/c1-20-18-37(15-13-33-20)30(35-21(2)22-6-4-3-5-7-22)36-25-10-11-26-28(17-25)34-19-38(29(26)39)14-12-23-8-9-24(31)16-27(23)32/h8-11,16-17,19-22,33H,3-7,12-15,18H2,1-2H3,(H,35,36)/t20-,21-/m0/s1. The normalized spacial score (nSPS) is 19.8. The van der Waals surface area contributed by atoms with Crippen LogP contribution in [0.15, 0.2) is 52.5 Å². The molecule has 0 radical (unpaired) electrons. The molecule has 1 aliphatic heterocycles. The maximum atomic E-state index is 13.2. The Morgan fingerprint density at radius 3 is 2.77 bits per heavy atom. The van der Waals surface area contributed by atoms with Crippen molar-refractivity contribution in [1.29, 1.82) is 0 Å². The third-order valence-electron chi connectivity index (χ3n) is 8.04. The highest BCUT2D eigenvalue weighted by molar-refractivity contribution is 6.35. The molecule has 5 rings (SSSR count).